The first-order valence-electron chi connectivity index (χ1n) is 10.4. The van der Waals surface area contributed by atoms with Crippen molar-refractivity contribution in [2.75, 3.05) is 17.2 Å². The topological polar surface area (TPSA) is 91.2 Å². The number of nitriles is 1. The van der Waals surface area contributed by atoms with Crippen molar-refractivity contribution in [3.05, 3.63) is 94.6 Å². The highest BCUT2D eigenvalue weighted by Gasteiger charge is 2.13. The molecule has 3 aromatic rings. The molecule has 0 radical (unpaired) electrons. The summed E-state index contributed by atoms with van der Waals surface area (Å²) in [6.45, 7) is 5.56. The second-order valence-corrected chi connectivity index (χ2v) is 7.63. The molecule has 0 aliphatic heterocycles. The molecule has 6 heteroatoms. The molecule has 0 aromatic heterocycles. The van der Waals surface area contributed by atoms with E-state index in [1.54, 1.807) is 24.3 Å². The minimum atomic E-state index is -0.517. The van der Waals surface area contributed by atoms with Crippen LogP contribution in [-0.2, 0) is 9.59 Å². The zero-order valence-corrected chi connectivity index (χ0v) is 18.8. The van der Waals surface area contributed by atoms with Crippen LogP contribution in [0.5, 0.6) is 5.75 Å². The summed E-state index contributed by atoms with van der Waals surface area (Å²) >= 11 is 0. The van der Waals surface area contributed by atoms with Gasteiger partial charge in [0.25, 0.3) is 11.8 Å². The van der Waals surface area contributed by atoms with E-state index in [4.69, 9.17) is 4.74 Å². The molecule has 3 aromatic carbocycles. The van der Waals surface area contributed by atoms with Gasteiger partial charge in [0.2, 0.25) is 0 Å². The van der Waals surface area contributed by atoms with Gasteiger partial charge in [-0.2, -0.15) is 5.26 Å². The van der Waals surface area contributed by atoms with Crippen molar-refractivity contribution in [2.24, 2.45) is 0 Å². The van der Waals surface area contributed by atoms with E-state index >= 15 is 0 Å². The quantitative estimate of drug-likeness (QED) is 0.392. The average Bonchev–Trinajstić information content (AvgIpc) is 2.80. The molecular formula is C27H25N3O3. The maximum absolute atomic E-state index is 12.7. The molecule has 0 saturated heterocycles. The summed E-state index contributed by atoms with van der Waals surface area (Å²) < 4.78 is 5.69. The zero-order valence-electron chi connectivity index (χ0n) is 18.8. The minimum Gasteiger partial charge on any atom is -0.483 e. The maximum Gasteiger partial charge on any atom is 0.266 e. The first-order chi connectivity index (χ1) is 15.9. The molecule has 3 rings (SSSR count). The lowest BCUT2D eigenvalue weighted by atomic mass is 10.1. The van der Waals surface area contributed by atoms with Gasteiger partial charge in [0, 0.05) is 16.9 Å². The molecule has 0 bridgehead atoms. The van der Waals surface area contributed by atoms with Gasteiger partial charge >= 0.3 is 0 Å². The first kappa shape index (κ1) is 23.3. The van der Waals surface area contributed by atoms with Gasteiger partial charge in [-0.25, -0.2) is 0 Å². The van der Waals surface area contributed by atoms with E-state index in [-0.39, 0.29) is 18.1 Å². The van der Waals surface area contributed by atoms with E-state index in [1.165, 1.54) is 6.08 Å². The number of benzene rings is 3. The zero-order chi connectivity index (χ0) is 23.8. The van der Waals surface area contributed by atoms with Crippen LogP contribution in [0.3, 0.4) is 0 Å². The SMILES string of the molecule is Cc1ccc(NC(=O)/C(C#N)=C/c2ccccc2OCC(=O)Nc2ccccc2C)c(C)c1. The molecule has 0 spiro atoms. The van der Waals surface area contributed by atoms with Crippen LogP contribution in [0, 0.1) is 32.1 Å². The van der Waals surface area contributed by atoms with E-state index in [1.807, 2.05) is 69.3 Å². The Bertz CT molecular complexity index is 1260. The molecule has 6 nitrogen and oxygen atoms in total. The average molecular weight is 440 g/mol. The number of ether oxygens (including phenoxy) is 1. The summed E-state index contributed by atoms with van der Waals surface area (Å²) in [4.78, 5) is 25.0. The Kier molecular flexibility index (Phi) is 7.61. The summed E-state index contributed by atoms with van der Waals surface area (Å²) in [5.41, 5.74) is 4.74. The Balaban J connectivity index is 1.72. The van der Waals surface area contributed by atoms with Crippen LogP contribution in [0.2, 0.25) is 0 Å². The molecule has 0 unspecified atom stereocenters. The molecule has 0 fully saturated rings. The van der Waals surface area contributed by atoms with Crippen LogP contribution < -0.4 is 15.4 Å². The largest absolute Gasteiger partial charge is 0.483 e. The van der Waals surface area contributed by atoms with Crippen molar-refractivity contribution in [1.29, 1.82) is 5.26 Å². The van der Waals surface area contributed by atoms with Gasteiger partial charge in [-0.15, -0.1) is 0 Å². The van der Waals surface area contributed by atoms with Crippen molar-refractivity contribution in [2.45, 2.75) is 20.8 Å². The summed E-state index contributed by atoms with van der Waals surface area (Å²) in [7, 11) is 0. The highest BCUT2D eigenvalue weighted by Crippen LogP contribution is 2.23. The third kappa shape index (κ3) is 6.31. The number of carbonyl (C=O) groups is 2. The number of para-hydroxylation sites is 2. The number of nitrogens with zero attached hydrogens (tertiary/aromatic N) is 1. The number of hydrogen-bond acceptors (Lipinski definition) is 4. The summed E-state index contributed by atoms with van der Waals surface area (Å²) in [5, 5.41) is 15.2. The molecule has 2 N–H and O–H groups in total. The fourth-order valence-electron chi connectivity index (χ4n) is 3.22. The van der Waals surface area contributed by atoms with Crippen LogP contribution in [0.25, 0.3) is 6.08 Å². The molecule has 0 aliphatic rings. The number of hydrogen-bond donors (Lipinski definition) is 2. The lowest BCUT2D eigenvalue weighted by molar-refractivity contribution is -0.118. The molecule has 0 atom stereocenters. The predicted octanol–water partition coefficient (Wildman–Crippen LogP) is 5.18. The van der Waals surface area contributed by atoms with Gasteiger partial charge in [0.05, 0.1) is 0 Å². The van der Waals surface area contributed by atoms with Gasteiger partial charge in [-0.3, -0.25) is 9.59 Å². The lowest BCUT2D eigenvalue weighted by Crippen LogP contribution is -2.20. The second-order valence-electron chi connectivity index (χ2n) is 7.63. The fourth-order valence-corrected chi connectivity index (χ4v) is 3.22. The normalized spacial score (nSPS) is 10.8. The lowest BCUT2D eigenvalue weighted by Gasteiger charge is -2.12. The summed E-state index contributed by atoms with van der Waals surface area (Å²) in [6.07, 6.45) is 1.45. The maximum atomic E-state index is 12.7. The molecule has 33 heavy (non-hydrogen) atoms. The number of anilines is 2. The molecular weight excluding hydrogens is 414 g/mol. The minimum absolute atomic E-state index is 0.0737. The number of nitrogens with one attached hydrogen (secondary N) is 2. The van der Waals surface area contributed by atoms with Crippen LogP contribution in [0.1, 0.15) is 22.3 Å². The van der Waals surface area contributed by atoms with Gasteiger partial charge in [0.15, 0.2) is 6.61 Å². The van der Waals surface area contributed by atoms with Crippen LogP contribution >= 0.6 is 0 Å². The molecule has 2 amide bonds. The van der Waals surface area contributed by atoms with E-state index < -0.39 is 5.91 Å². The third-order valence-electron chi connectivity index (χ3n) is 4.99. The molecule has 0 aliphatic carbocycles. The predicted molar refractivity (Wildman–Crippen MR) is 130 cm³/mol. The molecule has 166 valence electrons. The Labute approximate surface area is 193 Å². The van der Waals surface area contributed by atoms with Crippen molar-refractivity contribution in [1.82, 2.24) is 0 Å². The monoisotopic (exact) mass is 439 g/mol. The highest BCUT2D eigenvalue weighted by atomic mass is 16.5. The highest BCUT2D eigenvalue weighted by molar-refractivity contribution is 6.10. The van der Waals surface area contributed by atoms with Gasteiger partial charge in [0.1, 0.15) is 17.4 Å². The van der Waals surface area contributed by atoms with E-state index in [9.17, 15) is 14.9 Å². The Hall–Kier alpha value is -4.37. The Morgan fingerprint density at radius 3 is 2.33 bits per heavy atom. The van der Waals surface area contributed by atoms with Crippen LogP contribution in [0.15, 0.2) is 72.3 Å². The number of amides is 2. The summed E-state index contributed by atoms with van der Waals surface area (Å²) in [5.74, 6) is -0.433. The Morgan fingerprint density at radius 2 is 1.61 bits per heavy atom. The molecule has 0 heterocycles. The number of rotatable bonds is 7. The van der Waals surface area contributed by atoms with E-state index in [0.29, 0.717) is 22.7 Å². The number of carbonyl (C=O) groups excluding carboxylic acids is 2. The van der Waals surface area contributed by atoms with Crippen molar-refractivity contribution in [3.63, 3.8) is 0 Å². The van der Waals surface area contributed by atoms with Crippen molar-refractivity contribution >= 4 is 29.3 Å². The van der Waals surface area contributed by atoms with E-state index in [2.05, 4.69) is 10.6 Å². The van der Waals surface area contributed by atoms with Crippen LogP contribution in [0.4, 0.5) is 11.4 Å². The molecule has 0 saturated carbocycles. The van der Waals surface area contributed by atoms with Crippen molar-refractivity contribution < 1.29 is 14.3 Å². The van der Waals surface area contributed by atoms with Crippen LogP contribution in [-0.4, -0.2) is 18.4 Å². The van der Waals surface area contributed by atoms with Gasteiger partial charge in [-0.1, -0.05) is 54.1 Å². The standard InChI is InChI=1S/C27H25N3O3/c1-18-12-13-24(20(3)14-18)30-27(32)22(16-28)15-21-9-5-7-11-25(21)33-17-26(31)29-23-10-6-4-8-19(23)2/h4-15H,17H2,1-3H3,(H,29,31)(H,30,32)/b22-15+. The van der Waals surface area contributed by atoms with E-state index in [0.717, 1.165) is 16.7 Å². The number of aryl methyl sites for hydroxylation is 3. The smallest absolute Gasteiger partial charge is 0.266 e. The fraction of sp³-hybridized carbons (Fsp3) is 0.148. The third-order valence-corrected chi connectivity index (χ3v) is 4.99. The second kappa shape index (κ2) is 10.8. The summed E-state index contributed by atoms with van der Waals surface area (Å²) in [6, 6.07) is 22.0. The Morgan fingerprint density at radius 1 is 0.909 bits per heavy atom. The van der Waals surface area contributed by atoms with Gasteiger partial charge < -0.3 is 15.4 Å². The first-order valence-corrected chi connectivity index (χ1v) is 10.4. The van der Waals surface area contributed by atoms with Crippen molar-refractivity contribution in [3.8, 4) is 11.8 Å². The van der Waals surface area contributed by atoms with Gasteiger partial charge in [-0.05, 0) is 56.2 Å².